The van der Waals surface area contributed by atoms with Gasteiger partial charge in [-0.2, -0.15) is 0 Å². The van der Waals surface area contributed by atoms with Crippen LogP contribution in [0.4, 0.5) is 0 Å². The van der Waals surface area contributed by atoms with Gasteiger partial charge in [0.15, 0.2) is 18.7 Å². The van der Waals surface area contributed by atoms with E-state index < -0.39 is 234 Å². The molecule has 35 nitrogen and oxygen atoms in total. The van der Waals surface area contributed by atoms with Crippen LogP contribution in [0.2, 0.25) is 0 Å². The van der Waals surface area contributed by atoms with Crippen molar-refractivity contribution in [2.75, 3.05) is 38.3 Å². The molecule has 5 aliphatic rings. The van der Waals surface area contributed by atoms with Gasteiger partial charge in [0, 0.05) is 103 Å². The molecule has 0 saturated carbocycles. The first kappa shape index (κ1) is 92.3. The summed E-state index contributed by atoms with van der Waals surface area (Å²) in [4.78, 5) is 193. The molecule has 3 aliphatic heterocycles. The maximum absolute atomic E-state index is 15.4. The van der Waals surface area contributed by atoms with Crippen molar-refractivity contribution in [3.05, 3.63) is 166 Å². The molecule has 658 valence electrons. The first-order chi connectivity index (χ1) is 58.8. The molecule has 5 aromatic carbocycles. The normalized spacial score (nSPS) is 24.2. The van der Waals surface area contributed by atoms with Crippen molar-refractivity contribution in [1.82, 2.24) is 52.4 Å². The van der Waals surface area contributed by atoms with E-state index in [2.05, 4.69) is 47.5 Å². The number of Topliss-reactive ketones (excluding diaryl/α,β-unsaturated/α-hetero) is 1. The number of amides is 9. The van der Waals surface area contributed by atoms with E-state index >= 15 is 19.2 Å². The van der Waals surface area contributed by atoms with Crippen LogP contribution in [-0.2, 0) is 92.6 Å². The summed E-state index contributed by atoms with van der Waals surface area (Å²) in [7, 11) is 3.05. The quantitative estimate of drug-likeness (QED) is 0.0138. The molecule has 11 rings (SSSR count). The summed E-state index contributed by atoms with van der Waals surface area (Å²) in [5, 5.41) is 91.4. The highest BCUT2D eigenvalue weighted by Gasteiger charge is 2.52. The smallest absolute Gasteiger partial charge is 0.306 e. The van der Waals surface area contributed by atoms with Gasteiger partial charge in [0.25, 0.3) is 0 Å². The number of phenols is 3. The number of aromatic nitrogens is 1. The number of nitrogens with one attached hydrogen (secondary N) is 9. The van der Waals surface area contributed by atoms with Gasteiger partial charge >= 0.3 is 5.97 Å². The van der Waals surface area contributed by atoms with E-state index in [4.69, 9.17) is 30.4 Å². The number of aromatic amines is 1. The Balaban J connectivity index is 0.837. The van der Waals surface area contributed by atoms with Crippen molar-refractivity contribution in [3.63, 3.8) is 0 Å². The van der Waals surface area contributed by atoms with E-state index in [1.807, 2.05) is 17.2 Å². The van der Waals surface area contributed by atoms with Gasteiger partial charge in [0.05, 0.1) is 48.2 Å². The third kappa shape index (κ3) is 22.5. The number of aromatic hydroxyl groups is 3. The molecule has 4 heterocycles. The topological polar surface area (TPSA) is 548 Å². The number of esters is 1. The molecule has 0 radical (unpaired) electrons. The number of benzene rings is 5. The molecular weight excluding hydrogens is 1630 g/mol. The van der Waals surface area contributed by atoms with E-state index in [9.17, 15) is 73.8 Å². The number of H-pyrrole nitrogens is 1. The number of methoxy groups -OCH3 is 1. The lowest BCUT2D eigenvalue weighted by molar-refractivity contribution is -0.256. The van der Waals surface area contributed by atoms with Crippen LogP contribution < -0.4 is 58.7 Å². The number of phenolic OH excluding ortho intramolecular Hbond substituents is 3. The number of rotatable bonds is 29. The van der Waals surface area contributed by atoms with Crippen molar-refractivity contribution >= 4 is 109 Å². The van der Waals surface area contributed by atoms with Crippen LogP contribution in [0.25, 0.3) is 10.9 Å². The third-order valence-electron chi connectivity index (χ3n) is 22.4. The second kappa shape index (κ2) is 41.6. The van der Waals surface area contributed by atoms with Crippen molar-refractivity contribution < 1.29 is 112 Å². The zero-order chi connectivity index (χ0) is 88.7. The van der Waals surface area contributed by atoms with Crippen molar-refractivity contribution in [3.8, 4) is 23.0 Å². The number of carbonyl (C=O) groups is 13. The molecule has 0 bridgehead atoms. The van der Waals surface area contributed by atoms with Crippen LogP contribution >= 0.6 is 21.6 Å². The van der Waals surface area contributed by atoms with Crippen LogP contribution in [0.5, 0.6) is 23.0 Å². The Morgan fingerprint density at radius 3 is 2.11 bits per heavy atom. The lowest BCUT2D eigenvalue weighted by Gasteiger charge is -2.44. The number of nitrogens with two attached hydrogens (primary N) is 2. The lowest BCUT2D eigenvalue weighted by atomic mass is 9.72. The number of fused-ring (bicyclic) bond motifs is 4. The van der Waals surface area contributed by atoms with Gasteiger partial charge in [0.1, 0.15) is 83.0 Å². The molecule has 19 N–H and O–H groups in total. The first-order valence-corrected chi connectivity index (χ1v) is 43.2. The largest absolute Gasteiger partial charge is 0.508 e. The maximum Gasteiger partial charge on any atom is 0.306 e. The summed E-state index contributed by atoms with van der Waals surface area (Å²) in [6.45, 7) is 5.71. The standard InChI is InChI=1S/C86H104N12O23S2/c1-43(2)71-85(116)95-59(84(115)97-72(44(3)99)78(88)109)42-123-122-41-58(83(114)92-56(34-47-26-28-49(100)29-27-47)81(112)93-57(35-48-39-89-53-21-10-9-19-50(48)53)82(113)91-54(79(110)96-71)22-11-12-30-87)94-80(111)55(33-46-17-7-6-8-18-46)90-64(102)24-16-25-65(103)119-40-63(101)86(117)37-52-68(62(38-86)121-66-36-60(73(104)45(4)120-66)98-31-13-14-32-98)77(108)70-69(75(52)106)74(105)51-20-15-23-61(118-5)67(51)76(70)107/h6-10,13,15,17-21,23,26-29,31,39,43-45,54-60,62,66,71-73,89,99-100,104,106,108,117H,11-12,14,16,22,24-25,30,32-38,40-42,87H2,1-5H3,(H2,88,109)(H,90,102)(H,91,113)(H,92,114)(H,93,112)(H,94,111)(H,95,116)(H,96,110)(H,97,115)/t44-,45+,54+,55-,56+,57-,58+,59-,60+,62+,66+,71+,72+,73-,86+/m1/s1. The van der Waals surface area contributed by atoms with Crippen LogP contribution in [0.15, 0.2) is 116 Å². The number of hydrogen-bond donors (Lipinski definition) is 17. The van der Waals surface area contributed by atoms with Gasteiger partial charge in [-0.25, -0.2) is 0 Å². The number of para-hydroxylation sites is 1. The van der Waals surface area contributed by atoms with Crippen LogP contribution in [0.1, 0.15) is 151 Å². The number of ether oxygens (including phenoxy) is 4. The summed E-state index contributed by atoms with van der Waals surface area (Å²) in [6.07, 6.45) is -2.83. The number of aliphatic hydroxyl groups is 3. The van der Waals surface area contributed by atoms with Crippen molar-refractivity contribution in [2.45, 2.75) is 202 Å². The van der Waals surface area contributed by atoms with E-state index in [-0.39, 0.29) is 84.6 Å². The maximum atomic E-state index is 15.4. The Morgan fingerprint density at radius 2 is 1.41 bits per heavy atom. The summed E-state index contributed by atoms with van der Waals surface area (Å²) in [5.74, 6) is -15.6. The second-order valence-electron chi connectivity index (χ2n) is 31.6. The highest BCUT2D eigenvalue weighted by atomic mass is 33.1. The van der Waals surface area contributed by atoms with E-state index in [1.165, 1.54) is 56.5 Å². The summed E-state index contributed by atoms with van der Waals surface area (Å²) in [5.41, 5.74) is 8.88. The minimum Gasteiger partial charge on any atom is -0.508 e. The number of hydrogen-bond acceptors (Lipinski definition) is 27. The zero-order valence-corrected chi connectivity index (χ0v) is 70.0. The molecule has 2 fully saturated rings. The van der Waals surface area contributed by atoms with Gasteiger partial charge in [0.2, 0.25) is 64.7 Å². The van der Waals surface area contributed by atoms with Gasteiger partial charge in [-0.1, -0.05) is 114 Å². The second-order valence-corrected chi connectivity index (χ2v) is 34.1. The first-order valence-electron chi connectivity index (χ1n) is 40.7. The number of ketones is 3. The molecule has 2 aliphatic carbocycles. The number of carbonyl (C=O) groups excluding carboxylic acids is 13. The summed E-state index contributed by atoms with van der Waals surface area (Å²) < 4.78 is 23.5. The molecular formula is C86H104N12O23S2. The Bertz CT molecular complexity index is 4970. The fourth-order valence-electron chi connectivity index (χ4n) is 15.7. The molecule has 9 amide bonds. The Hall–Kier alpha value is -11.5. The number of aliphatic hydroxyl groups excluding tert-OH is 2. The monoisotopic (exact) mass is 1740 g/mol. The lowest BCUT2D eigenvalue weighted by Crippen LogP contribution is -2.62. The number of primary amides is 1. The van der Waals surface area contributed by atoms with Crippen molar-refractivity contribution in [2.24, 2.45) is 17.4 Å². The highest BCUT2D eigenvalue weighted by Crippen LogP contribution is 2.53. The average molecular weight is 1740 g/mol. The van der Waals surface area contributed by atoms with Gasteiger partial charge < -0.3 is 113 Å². The predicted octanol–water partition coefficient (Wildman–Crippen LogP) is 1.82. The molecule has 123 heavy (non-hydrogen) atoms. The van der Waals surface area contributed by atoms with E-state index in [0.29, 0.717) is 53.4 Å². The molecule has 1 aromatic heterocycles. The Kier molecular flexibility index (Phi) is 31.2. The summed E-state index contributed by atoms with van der Waals surface area (Å²) >= 11 is 0. The molecule has 0 unspecified atom stereocenters. The van der Waals surface area contributed by atoms with E-state index in [0.717, 1.165) is 21.6 Å². The predicted molar refractivity (Wildman–Crippen MR) is 449 cm³/mol. The third-order valence-corrected chi connectivity index (χ3v) is 24.8. The van der Waals surface area contributed by atoms with E-state index in [1.54, 1.807) is 81.6 Å². The summed E-state index contributed by atoms with van der Waals surface area (Å²) in [6, 6.07) is 12.6. The average Bonchev–Trinajstić information content (AvgIpc) is 1.17. The Labute approximate surface area is 715 Å². The Morgan fingerprint density at radius 1 is 0.732 bits per heavy atom. The SMILES string of the molecule is COc1cccc2c1C(=O)c1c(O)c3c(c(O)c1C2=O)C[C@@](O)(C(=O)COC(=O)CCCC(=O)N[C@H](Cc1ccccc1)C(=O)N[C@H]1CSSC[C@H](C(=O)N[C@H](C(N)=O)[C@@H](C)O)NC(=O)[C@H](C(C)C)NC(=O)[C@H](CCCCN)NC(=O)[C@@H](Cc2c[nH]c4ccccc24)NC(=O)[C@H](Cc2ccc(O)cc2)NC1=O)C[C@@H]3O[C@H]1C[C@H](N2C=CCC2)[C@H](O)[C@H](C)O1. The van der Waals surface area contributed by atoms with Gasteiger partial charge in [-0.05, 0) is 106 Å². The fraction of sp³-hybridized carbons (Fsp3) is 0.453. The minimum absolute atomic E-state index is 0.00346. The molecule has 15 atom stereocenters. The van der Waals surface area contributed by atoms with Crippen LogP contribution in [0, 0.1) is 5.92 Å². The number of nitrogens with zero attached hydrogens (tertiary/aromatic N) is 1. The molecule has 6 aromatic rings. The number of unbranched alkanes of at least 4 members (excludes halogenated alkanes) is 1. The van der Waals surface area contributed by atoms with Crippen LogP contribution in [0.3, 0.4) is 0 Å². The van der Waals surface area contributed by atoms with Crippen LogP contribution in [-0.4, -0.2) is 240 Å². The molecule has 37 heteroatoms. The van der Waals surface area contributed by atoms with Gasteiger partial charge in [-0.15, -0.1) is 0 Å². The molecule has 2 saturated heterocycles. The van der Waals surface area contributed by atoms with Gasteiger partial charge in [-0.3, -0.25) is 62.3 Å². The molecule has 0 spiro atoms. The zero-order valence-electron chi connectivity index (χ0n) is 68.4. The highest BCUT2D eigenvalue weighted by molar-refractivity contribution is 8.76. The fourth-order valence-corrected chi connectivity index (χ4v) is 18.0. The minimum atomic E-state index is -2.59. The van der Waals surface area contributed by atoms with Crippen molar-refractivity contribution in [1.29, 1.82) is 0 Å².